The van der Waals surface area contributed by atoms with Gasteiger partial charge >= 0.3 is 0 Å². The van der Waals surface area contributed by atoms with E-state index in [2.05, 4.69) is 34.0 Å². The van der Waals surface area contributed by atoms with Gasteiger partial charge in [0.2, 0.25) is 11.8 Å². The number of H-pyrrole nitrogens is 1. The fourth-order valence-corrected chi connectivity index (χ4v) is 4.27. The third-order valence-electron chi connectivity index (χ3n) is 6.05. The van der Waals surface area contributed by atoms with Crippen molar-refractivity contribution in [3.63, 3.8) is 0 Å². The standard InChI is InChI=1S/C20H32N4O2/c1-14(2)5-4-6-18(25)21-12-16-7-10-24(20(16)8-9-20)19(26)11-17-15(3)22-13-23-17/h13-14,16H,4-12H2,1-3H3,(H,21,25)(H,22,23). The van der Waals surface area contributed by atoms with E-state index in [9.17, 15) is 9.59 Å². The zero-order chi connectivity index (χ0) is 18.7. The molecule has 2 heterocycles. The SMILES string of the molecule is Cc1[nH]cnc1CC(=O)N1CCC(CNC(=O)CCCC(C)C)C12CC2. The van der Waals surface area contributed by atoms with Crippen LogP contribution in [-0.2, 0) is 16.0 Å². The Labute approximate surface area is 156 Å². The molecular formula is C20H32N4O2. The molecule has 1 aliphatic heterocycles. The minimum atomic E-state index is -0.00743. The highest BCUT2D eigenvalue weighted by Gasteiger charge is 2.58. The molecule has 0 aromatic carbocycles. The molecule has 0 radical (unpaired) electrons. The van der Waals surface area contributed by atoms with Gasteiger partial charge in [0.1, 0.15) is 0 Å². The second kappa shape index (κ2) is 7.80. The number of rotatable bonds is 8. The summed E-state index contributed by atoms with van der Waals surface area (Å²) in [5.74, 6) is 1.35. The zero-order valence-corrected chi connectivity index (χ0v) is 16.3. The molecule has 6 nitrogen and oxygen atoms in total. The van der Waals surface area contributed by atoms with Crippen LogP contribution in [0.2, 0.25) is 0 Å². The Morgan fingerprint density at radius 2 is 2.19 bits per heavy atom. The molecule has 2 fully saturated rings. The van der Waals surface area contributed by atoms with Crippen molar-refractivity contribution in [2.75, 3.05) is 13.1 Å². The van der Waals surface area contributed by atoms with Gasteiger partial charge in [0.15, 0.2) is 0 Å². The van der Waals surface area contributed by atoms with E-state index < -0.39 is 0 Å². The summed E-state index contributed by atoms with van der Waals surface area (Å²) in [6.07, 6.45) is 7.77. The molecule has 1 saturated carbocycles. The molecule has 1 atom stereocenters. The van der Waals surface area contributed by atoms with Crippen molar-refractivity contribution in [1.29, 1.82) is 0 Å². The average Bonchev–Trinajstić information content (AvgIpc) is 3.14. The van der Waals surface area contributed by atoms with E-state index in [0.29, 0.717) is 31.2 Å². The summed E-state index contributed by atoms with van der Waals surface area (Å²) in [5, 5.41) is 3.11. The van der Waals surface area contributed by atoms with Crippen LogP contribution in [0, 0.1) is 18.8 Å². The smallest absolute Gasteiger partial charge is 0.229 e. The fraction of sp³-hybridized carbons (Fsp3) is 0.750. The summed E-state index contributed by atoms with van der Waals surface area (Å²) in [6, 6.07) is 0. The largest absolute Gasteiger partial charge is 0.356 e. The maximum Gasteiger partial charge on any atom is 0.229 e. The van der Waals surface area contributed by atoms with Crippen molar-refractivity contribution in [3.8, 4) is 0 Å². The van der Waals surface area contributed by atoms with Gasteiger partial charge in [-0.2, -0.15) is 0 Å². The molecule has 1 aromatic heterocycles. The molecule has 2 amide bonds. The van der Waals surface area contributed by atoms with Crippen molar-refractivity contribution >= 4 is 11.8 Å². The molecule has 0 bridgehead atoms. The van der Waals surface area contributed by atoms with Crippen LogP contribution in [0.15, 0.2) is 6.33 Å². The number of imidazole rings is 1. The molecule has 144 valence electrons. The lowest BCUT2D eigenvalue weighted by atomic mass is 9.97. The van der Waals surface area contributed by atoms with E-state index in [1.54, 1.807) is 6.33 Å². The topological polar surface area (TPSA) is 78.1 Å². The Kier molecular flexibility index (Phi) is 5.68. The number of aromatic amines is 1. The highest BCUT2D eigenvalue weighted by Crippen LogP contribution is 2.53. The van der Waals surface area contributed by atoms with E-state index in [1.807, 2.05) is 6.92 Å². The lowest BCUT2D eigenvalue weighted by Gasteiger charge is -2.28. The Bertz CT molecular complexity index is 648. The molecule has 6 heteroatoms. The predicted molar refractivity (Wildman–Crippen MR) is 101 cm³/mol. The normalized spacial score (nSPS) is 20.8. The number of hydrogen-bond acceptors (Lipinski definition) is 3. The van der Waals surface area contributed by atoms with Gasteiger partial charge in [-0.15, -0.1) is 0 Å². The van der Waals surface area contributed by atoms with E-state index in [4.69, 9.17) is 0 Å². The molecule has 1 aromatic rings. The summed E-state index contributed by atoms with van der Waals surface area (Å²) < 4.78 is 0. The number of carbonyl (C=O) groups is 2. The van der Waals surface area contributed by atoms with Gasteiger partial charge in [-0.25, -0.2) is 4.98 Å². The summed E-state index contributed by atoms with van der Waals surface area (Å²) in [5.41, 5.74) is 1.80. The van der Waals surface area contributed by atoms with Crippen molar-refractivity contribution < 1.29 is 9.59 Å². The molecule has 1 saturated heterocycles. The predicted octanol–water partition coefficient (Wildman–Crippen LogP) is 2.58. The van der Waals surface area contributed by atoms with E-state index in [0.717, 1.165) is 50.0 Å². The Balaban J connectivity index is 1.49. The van der Waals surface area contributed by atoms with Crippen LogP contribution in [0.5, 0.6) is 0 Å². The van der Waals surface area contributed by atoms with Crippen LogP contribution in [0.4, 0.5) is 0 Å². The second-order valence-electron chi connectivity index (χ2n) is 8.38. The monoisotopic (exact) mass is 360 g/mol. The van der Waals surface area contributed by atoms with Crippen LogP contribution in [0.25, 0.3) is 0 Å². The summed E-state index contributed by atoms with van der Waals surface area (Å²) in [4.78, 5) is 34.2. The van der Waals surface area contributed by atoms with Gasteiger partial charge in [0.05, 0.1) is 18.4 Å². The maximum atomic E-state index is 12.8. The molecule has 2 N–H and O–H groups in total. The van der Waals surface area contributed by atoms with Crippen LogP contribution in [-0.4, -0.2) is 45.3 Å². The third-order valence-corrected chi connectivity index (χ3v) is 6.05. The van der Waals surface area contributed by atoms with Crippen molar-refractivity contribution in [3.05, 3.63) is 17.7 Å². The van der Waals surface area contributed by atoms with Crippen molar-refractivity contribution in [2.45, 2.75) is 71.3 Å². The van der Waals surface area contributed by atoms with Gasteiger partial charge < -0.3 is 15.2 Å². The highest BCUT2D eigenvalue weighted by molar-refractivity contribution is 5.80. The van der Waals surface area contributed by atoms with Gasteiger partial charge in [-0.05, 0) is 38.5 Å². The van der Waals surface area contributed by atoms with Crippen molar-refractivity contribution in [1.82, 2.24) is 20.2 Å². The highest BCUT2D eigenvalue weighted by atomic mass is 16.2. The number of nitrogens with zero attached hydrogens (tertiary/aromatic N) is 2. The Morgan fingerprint density at radius 1 is 1.42 bits per heavy atom. The van der Waals surface area contributed by atoms with E-state index in [1.165, 1.54) is 0 Å². The average molecular weight is 361 g/mol. The molecule has 26 heavy (non-hydrogen) atoms. The third kappa shape index (κ3) is 4.10. The zero-order valence-electron chi connectivity index (χ0n) is 16.3. The van der Waals surface area contributed by atoms with Crippen LogP contribution in [0.3, 0.4) is 0 Å². The van der Waals surface area contributed by atoms with E-state index in [-0.39, 0.29) is 17.4 Å². The minimum Gasteiger partial charge on any atom is -0.356 e. The number of aromatic nitrogens is 2. The summed E-state index contributed by atoms with van der Waals surface area (Å²) in [6.45, 7) is 7.82. The Hall–Kier alpha value is -1.85. The Morgan fingerprint density at radius 3 is 2.81 bits per heavy atom. The number of amides is 2. The van der Waals surface area contributed by atoms with Gasteiger partial charge in [-0.3, -0.25) is 9.59 Å². The number of nitrogens with one attached hydrogen (secondary N) is 2. The number of likely N-dealkylation sites (tertiary alicyclic amines) is 1. The molecule has 2 aliphatic rings. The first-order chi connectivity index (χ1) is 12.4. The minimum absolute atomic E-state index is 0.00743. The number of aryl methyl sites for hydroxylation is 1. The molecular weight excluding hydrogens is 328 g/mol. The maximum absolute atomic E-state index is 12.8. The van der Waals surface area contributed by atoms with Gasteiger partial charge in [0, 0.05) is 36.7 Å². The number of hydrogen-bond donors (Lipinski definition) is 2. The second-order valence-corrected chi connectivity index (χ2v) is 8.38. The van der Waals surface area contributed by atoms with Gasteiger partial charge in [-0.1, -0.05) is 20.3 Å². The summed E-state index contributed by atoms with van der Waals surface area (Å²) in [7, 11) is 0. The van der Waals surface area contributed by atoms with Crippen LogP contribution in [0.1, 0.15) is 63.8 Å². The lowest BCUT2D eigenvalue weighted by molar-refractivity contribution is -0.132. The van der Waals surface area contributed by atoms with E-state index >= 15 is 0 Å². The van der Waals surface area contributed by atoms with Crippen LogP contribution >= 0.6 is 0 Å². The van der Waals surface area contributed by atoms with Crippen molar-refractivity contribution in [2.24, 2.45) is 11.8 Å². The molecule has 1 spiro atoms. The lowest BCUT2D eigenvalue weighted by Crippen LogP contribution is -2.43. The number of carbonyl (C=O) groups excluding carboxylic acids is 2. The first-order valence-electron chi connectivity index (χ1n) is 9.98. The molecule has 3 rings (SSSR count). The fourth-order valence-electron chi connectivity index (χ4n) is 4.27. The molecule has 1 unspecified atom stereocenters. The molecule has 1 aliphatic carbocycles. The quantitative estimate of drug-likeness (QED) is 0.748. The van der Waals surface area contributed by atoms with Crippen LogP contribution < -0.4 is 5.32 Å². The summed E-state index contributed by atoms with van der Waals surface area (Å²) >= 11 is 0. The van der Waals surface area contributed by atoms with Gasteiger partial charge in [0.25, 0.3) is 0 Å². The first kappa shape index (κ1) is 18.9. The first-order valence-corrected chi connectivity index (χ1v) is 9.98.